The smallest absolute Gasteiger partial charge is 0.265 e. The first-order valence-electron chi connectivity index (χ1n) is 10.9. The average Bonchev–Trinajstić information content (AvgIpc) is 2.99. The lowest BCUT2D eigenvalue weighted by atomic mass is 10.1. The summed E-state index contributed by atoms with van der Waals surface area (Å²) in [5.74, 6) is -0.319. The molecule has 1 N–H and O–H groups in total. The molecule has 0 bridgehead atoms. The number of nitrogens with one attached hydrogen (secondary N) is 1. The SMILES string of the molecule is CS(=O)(=O)N1CC[C@@H](C(=O)Nc2ccccc2C(=O)N2CCCCC2)Oc2ccc(Cl)cc21. The number of fused-ring (bicyclic) bond motifs is 1. The molecular formula is C23H26ClN3O5S. The molecule has 2 aromatic carbocycles. The van der Waals surface area contributed by atoms with Crippen molar-refractivity contribution in [2.45, 2.75) is 31.8 Å². The number of anilines is 2. The molecule has 0 spiro atoms. The van der Waals surface area contributed by atoms with Crippen molar-refractivity contribution in [3.8, 4) is 5.75 Å². The third-order valence-corrected chi connectivity index (χ3v) is 7.22. The van der Waals surface area contributed by atoms with Crippen LogP contribution < -0.4 is 14.4 Å². The van der Waals surface area contributed by atoms with E-state index in [0.717, 1.165) is 25.5 Å². The zero-order valence-corrected chi connectivity index (χ0v) is 19.9. The maximum absolute atomic E-state index is 13.1. The molecule has 0 aliphatic carbocycles. The molecule has 10 heteroatoms. The number of piperidine rings is 1. The van der Waals surface area contributed by atoms with Gasteiger partial charge in [-0.1, -0.05) is 23.7 Å². The van der Waals surface area contributed by atoms with Gasteiger partial charge >= 0.3 is 0 Å². The molecule has 2 amide bonds. The number of hydrogen-bond donors (Lipinski definition) is 1. The van der Waals surface area contributed by atoms with Gasteiger partial charge < -0.3 is 15.0 Å². The second-order valence-corrected chi connectivity index (χ2v) is 10.6. The average molecular weight is 492 g/mol. The fraction of sp³-hybridized carbons (Fsp3) is 0.391. The molecule has 8 nitrogen and oxygen atoms in total. The standard InChI is InChI=1S/C23H26ClN3O5S/c1-33(30,31)27-14-11-21(32-20-10-9-16(24)15-19(20)27)22(28)25-18-8-4-3-7-17(18)23(29)26-12-5-2-6-13-26/h3-4,7-10,15,21H,2,5-6,11-14H2,1H3,(H,25,28)/t21-/m0/s1. The van der Waals surface area contributed by atoms with Crippen LogP contribution in [0.2, 0.25) is 5.02 Å². The van der Waals surface area contributed by atoms with Crippen molar-refractivity contribution < 1.29 is 22.7 Å². The van der Waals surface area contributed by atoms with Crippen LogP contribution >= 0.6 is 11.6 Å². The van der Waals surface area contributed by atoms with E-state index < -0.39 is 22.0 Å². The summed E-state index contributed by atoms with van der Waals surface area (Å²) in [5, 5.41) is 3.18. The van der Waals surface area contributed by atoms with Crippen molar-refractivity contribution in [2.75, 3.05) is 35.5 Å². The quantitative estimate of drug-likeness (QED) is 0.706. The Labute approximate surface area is 198 Å². The van der Waals surface area contributed by atoms with E-state index in [1.54, 1.807) is 41.3 Å². The van der Waals surface area contributed by atoms with Crippen LogP contribution in [0.15, 0.2) is 42.5 Å². The van der Waals surface area contributed by atoms with Crippen LogP contribution in [-0.4, -0.2) is 57.1 Å². The summed E-state index contributed by atoms with van der Waals surface area (Å²) in [6, 6.07) is 11.5. The number of halogens is 1. The Hall–Kier alpha value is -2.78. The molecule has 1 fully saturated rings. The Morgan fingerprint density at radius 1 is 1.06 bits per heavy atom. The number of hydrogen-bond acceptors (Lipinski definition) is 5. The molecule has 1 saturated heterocycles. The first-order valence-corrected chi connectivity index (χ1v) is 13.1. The van der Waals surface area contributed by atoms with Crippen LogP contribution in [0, 0.1) is 0 Å². The molecule has 0 radical (unpaired) electrons. The maximum atomic E-state index is 13.1. The van der Waals surface area contributed by atoms with Crippen molar-refractivity contribution in [3.63, 3.8) is 0 Å². The number of likely N-dealkylation sites (tertiary alicyclic amines) is 1. The molecule has 4 rings (SSSR count). The monoisotopic (exact) mass is 491 g/mol. The summed E-state index contributed by atoms with van der Waals surface area (Å²) in [6.07, 6.45) is 3.33. The van der Waals surface area contributed by atoms with Gasteiger partial charge in [-0.2, -0.15) is 0 Å². The molecule has 176 valence electrons. The minimum Gasteiger partial charge on any atom is -0.478 e. The van der Waals surface area contributed by atoms with Gasteiger partial charge in [0.05, 0.1) is 23.2 Å². The number of sulfonamides is 1. The molecule has 0 unspecified atom stereocenters. The van der Waals surface area contributed by atoms with Crippen molar-refractivity contribution in [3.05, 3.63) is 53.1 Å². The Morgan fingerprint density at radius 2 is 1.79 bits per heavy atom. The number of nitrogens with zero attached hydrogens (tertiary/aromatic N) is 2. The van der Waals surface area contributed by atoms with Crippen LogP contribution in [0.5, 0.6) is 5.75 Å². The van der Waals surface area contributed by atoms with Gasteiger partial charge in [0.15, 0.2) is 6.10 Å². The van der Waals surface area contributed by atoms with Gasteiger partial charge in [-0.25, -0.2) is 8.42 Å². The lowest BCUT2D eigenvalue weighted by molar-refractivity contribution is -0.122. The highest BCUT2D eigenvalue weighted by Gasteiger charge is 2.32. The molecule has 0 aromatic heterocycles. The largest absolute Gasteiger partial charge is 0.478 e. The molecule has 2 aromatic rings. The van der Waals surface area contributed by atoms with Crippen molar-refractivity contribution in [2.24, 2.45) is 0 Å². The van der Waals surface area contributed by atoms with Gasteiger partial charge in [-0.05, 0) is 49.6 Å². The van der Waals surface area contributed by atoms with E-state index >= 15 is 0 Å². The zero-order chi connectivity index (χ0) is 23.6. The van der Waals surface area contributed by atoms with E-state index in [4.69, 9.17) is 16.3 Å². The first-order chi connectivity index (χ1) is 15.7. The number of rotatable bonds is 4. The van der Waals surface area contributed by atoms with Gasteiger partial charge in [-0.15, -0.1) is 0 Å². The van der Waals surface area contributed by atoms with Crippen LogP contribution in [0.3, 0.4) is 0 Å². The van der Waals surface area contributed by atoms with Crippen LogP contribution in [0.4, 0.5) is 11.4 Å². The van der Waals surface area contributed by atoms with Gasteiger partial charge in [-0.3, -0.25) is 13.9 Å². The van der Waals surface area contributed by atoms with Gasteiger partial charge in [0, 0.05) is 31.1 Å². The second-order valence-electron chi connectivity index (χ2n) is 8.23. The molecule has 2 aliphatic rings. The minimum absolute atomic E-state index is 0.0542. The number of carbonyl (C=O) groups excluding carboxylic acids is 2. The number of amides is 2. The highest BCUT2D eigenvalue weighted by atomic mass is 35.5. The summed E-state index contributed by atoms with van der Waals surface area (Å²) in [4.78, 5) is 28.0. The number of para-hydroxylation sites is 1. The Kier molecular flexibility index (Phi) is 6.81. The lowest BCUT2D eigenvalue weighted by Gasteiger charge is -2.27. The van der Waals surface area contributed by atoms with Crippen LogP contribution in [0.1, 0.15) is 36.0 Å². The number of carbonyl (C=O) groups is 2. The Morgan fingerprint density at radius 3 is 2.52 bits per heavy atom. The third kappa shape index (κ3) is 5.25. The summed E-state index contributed by atoms with van der Waals surface area (Å²) >= 11 is 6.07. The Balaban J connectivity index is 1.56. The second kappa shape index (κ2) is 9.61. The van der Waals surface area contributed by atoms with Crippen molar-refractivity contribution >= 4 is 44.8 Å². The molecule has 33 heavy (non-hydrogen) atoms. The van der Waals surface area contributed by atoms with Crippen LogP contribution in [0.25, 0.3) is 0 Å². The van der Waals surface area contributed by atoms with Gasteiger partial charge in [0.25, 0.3) is 11.8 Å². The highest BCUT2D eigenvalue weighted by molar-refractivity contribution is 7.92. The van der Waals surface area contributed by atoms with Crippen molar-refractivity contribution in [1.82, 2.24) is 4.90 Å². The van der Waals surface area contributed by atoms with E-state index in [2.05, 4.69) is 5.32 Å². The molecular weight excluding hydrogens is 466 g/mol. The predicted octanol–water partition coefficient (Wildman–Crippen LogP) is 3.52. The third-order valence-electron chi connectivity index (χ3n) is 5.80. The summed E-state index contributed by atoms with van der Waals surface area (Å²) in [5.41, 5.74) is 1.12. The molecule has 0 saturated carbocycles. The topological polar surface area (TPSA) is 96.0 Å². The number of benzene rings is 2. The van der Waals surface area contributed by atoms with Crippen LogP contribution in [-0.2, 0) is 14.8 Å². The fourth-order valence-electron chi connectivity index (χ4n) is 4.14. The number of ether oxygens (including phenoxy) is 1. The normalized spacial score (nSPS) is 18.7. The van der Waals surface area contributed by atoms with E-state index in [9.17, 15) is 18.0 Å². The summed E-state index contributed by atoms with van der Waals surface area (Å²) < 4.78 is 31.8. The van der Waals surface area contributed by atoms with E-state index in [1.165, 1.54) is 10.4 Å². The van der Waals surface area contributed by atoms with E-state index in [1.807, 2.05) is 0 Å². The molecule has 1 atom stereocenters. The van der Waals surface area contributed by atoms with Crippen molar-refractivity contribution in [1.29, 1.82) is 0 Å². The minimum atomic E-state index is -3.60. The Bertz CT molecular complexity index is 1160. The molecule has 2 aliphatic heterocycles. The maximum Gasteiger partial charge on any atom is 0.265 e. The van der Waals surface area contributed by atoms with E-state index in [0.29, 0.717) is 35.1 Å². The summed E-state index contributed by atoms with van der Waals surface area (Å²) in [6.45, 7) is 1.46. The highest BCUT2D eigenvalue weighted by Crippen LogP contribution is 2.36. The predicted molar refractivity (Wildman–Crippen MR) is 128 cm³/mol. The lowest BCUT2D eigenvalue weighted by Crippen LogP contribution is -2.38. The summed E-state index contributed by atoms with van der Waals surface area (Å²) in [7, 11) is -3.60. The van der Waals surface area contributed by atoms with E-state index in [-0.39, 0.29) is 24.6 Å². The zero-order valence-electron chi connectivity index (χ0n) is 18.3. The van der Waals surface area contributed by atoms with Gasteiger partial charge in [0.2, 0.25) is 10.0 Å². The molecule has 2 heterocycles. The first kappa shape index (κ1) is 23.4. The fourth-order valence-corrected chi connectivity index (χ4v) is 5.24. The van der Waals surface area contributed by atoms with Gasteiger partial charge in [0.1, 0.15) is 5.75 Å².